The number of rotatable bonds is 8. The molecule has 2 N–H and O–H groups in total. The van der Waals surface area contributed by atoms with Crippen LogP contribution in [0.25, 0.3) is 0 Å². The summed E-state index contributed by atoms with van der Waals surface area (Å²) in [6.45, 7) is 4.86. The van der Waals surface area contributed by atoms with E-state index in [4.69, 9.17) is 9.47 Å². The molecule has 6 nitrogen and oxygen atoms in total. The molecule has 4 radical (unpaired) electrons. The molecule has 156 valence electrons. The Balaban J connectivity index is 0.000000523. The molecule has 0 aliphatic carbocycles. The molecule has 0 atom stereocenters. The first-order chi connectivity index (χ1) is 13.5. The van der Waals surface area contributed by atoms with Crippen LogP contribution in [-0.2, 0) is 9.47 Å². The number of para-hydroxylation sites is 2. The fourth-order valence-corrected chi connectivity index (χ4v) is 2.07. The molecule has 0 saturated carbocycles. The van der Waals surface area contributed by atoms with E-state index < -0.39 is 11.9 Å². The zero-order valence-corrected chi connectivity index (χ0v) is 19.7. The number of phenolic OH excluding ortho intramolecular Hbond substituents is 2. The summed E-state index contributed by atoms with van der Waals surface area (Å²) in [6, 6.07) is 12.7. The molecule has 0 heterocycles. The van der Waals surface area contributed by atoms with Gasteiger partial charge in [-0.1, -0.05) is 51.0 Å². The number of ether oxygens (including phenoxy) is 2. The Bertz CT molecular complexity index is 684. The van der Waals surface area contributed by atoms with Gasteiger partial charge in [0.25, 0.3) is 0 Å². The Morgan fingerprint density at radius 3 is 1.38 bits per heavy atom. The number of carbonyl (C=O) groups excluding carboxylic acids is 2. The van der Waals surface area contributed by atoms with Gasteiger partial charge in [0.05, 0.1) is 13.2 Å². The van der Waals surface area contributed by atoms with Gasteiger partial charge in [0.1, 0.15) is 22.6 Å². The number of hydrogen-bond donors (Lipinski definition) is 2. The van der Waals surface area contributed by atoms with Crippen molar-refractivity contribution in [2.75, 3.05) is 13.2 Å². The maximum absolute atomic E-state index is 11.4. The summed E-state index contributed by atoms with van der Waals surface area (Å²) in [5, 5.41) is 18.7. The Morgan fingerprint density at radius 2 is 1.07 bits per heavy atom. The third-order valence-electron chi connectivity index (χ3n) is 3.71. The van der Waals surface area contributed by atoms with E-state index in [1.807, 2.05) is 13.8 Å². The van der Waals surface area contributed by atoms with Crippen molar-refractivity contribution in [2.45, 2.75) is 39.5 Å². The van der Waals surface area contributed by atoms with Gasteiger partial charge in [-0.2, -0.15) is 0 Å². The normalized spacial score (nSPS) is 9.45. The number of esters is 2. The summed E-state index contributed by atoms with van der Waals surface area (Å²) in [4.78, 5) is 22.7. The van der Waals surface area contributed by atoms with Crippen molar-refractivity contribution in [3.63, 3.8) is 0 Å². The van der Waals surface area contributed by atoms with Crippen molar-refractivity contribution in [3.05, 3.63) is 59.7 Å². The van der Waals surface area contributed by atoms with Crippen LogP contribution in [0.5, 0.6) is 11.5 Å². The number of hydrogen-bond acceptors (Lipinski definition) is 6. The minimum atomic E-state index is -0.462. The van der Waals surface area contributed by atoms with Crippen molar-refractivity contribution in [3.8, 4) is 11.5 Å². The van der Waals surface area contributed by atoms with Gasteiger partial charge in [0, 0.05) is 23.9 Å². The maximum atomic E-state index is 11.4. The minimum Gasteiger partial charge on any atom is -0.507 e. The van der Waals surface area contributed by atoms with Gasteiger partial charge in [-0.25, -0.2) is 9.59 Å². The molecule has 0 amide bonds. The average molecular weight is 507 g/mol. The summed E-state index contributed by atoms with van der Waals surface area (Å²) in [5.41, 5.74) is 0.451. The van der Waals surface area contributed by atoms with Crippen molar-refractivity contribution < 1.29 is 29.3 Å². The molecule has 0 fully saturated rings. The fourth-order valence-electron chi connectivity index (χ4n) is 2.07. The quantitative estimate of drug-likeness (QED) is 0.314. The summed E-state index contributed by atoms with van der Waals surface area (Å²) in [5.74, 6) is -0.990. The molecule has 0 aliphatic heterocycles. The molecular weight excluding hydrogens is 479 g/mol. The molecule has 0 saturated heterocycles. The number of carbonyl (C=O) groups is 2. The van der Waals surface area contributed by atoms with Gasteiger partial charge >= 0.3 is 11.9 Å². The van der Waals surface area contributed by atoms with Crippen LogP contribution in [0.2, 0.25) is 0 Å². The second kappa shape index (κ2) is 15.7. The average Bonchev–Trinajstić information content (AvgIpc) is 2.69. The monoisotopic (exact) mass is 508 g/mol. The summed E-state index contributed by atoms with van der Waals surface area (Å²) < 4.78 is 9.90. The molecule has 0 spiro atoms. The first-order valence-corrected chi connectivity index (χ1v) is 9.41. The van der Waals surface area contributed by atoms with Gasteiger partial charge in [0.15, 0.2) is 0 Å². The van der Waals surface area contributed by atoms with E-state index in [0.29, 0.717) is 13.2 Å². The molecule has 0 aliphatic rings. The third kappa shape index (κ3) is 10.2. The Hall–Kier alpha value is -2.22. The van der Waals surface area contributed by atoms with E-state index >= 15 is 0 Å². The second-order valence-corrected chi connectivity index (χ2v) is 6.01. The fraction of sp³-hybridized carbons (Fsp3) is 0.364. The Kier molecular flexibility index (Phi) is 14.5. The Labute approximate surface area is 188 Å². The Morgan fingerprint density at radius 1 is 0.724 bits per heavy atom. The van der Waals surface area contributed by atoms with E-state index in [9.17, 15) is 19.8 Å². The third-order valence-corrected chi connectivity index (χ3v) is 3.71. The van der Waals surface area contributed by atoms with Gasteiger partial charge < -0.3 is 19.7 Å². The summed E-state index contributed by atoms with van der Waals surface area (Å²) >= 11 is 0. The SMILES string of the molecule is CCCCOC(=O)c1ccccc1O.CCCCOC(=O)c1ccccc1O.[Sn]. The van der Waals surface area contributed by atoms with Gasteiger partial charge in [-0.15, -0.1) is 0 Å². The number of benzene rings is 2. The number of phenols is 2. The predicted molar refractivity (Wildman–Crippen MR) is 112 cm³/mol. The largest absolute Gasteiger partial charge is 0.507 e. The van der Waals surface area contributed by atoms with Crippen molar-refractivity contribution in [2.24, 2.45) is 0 Å². The van der Waals surface area contributed by atoms with E-state index in [-0.39, 0.29) is 46.5 Å². The van der Waals surface area contributed by atoms with Crippen LogP contribution in [0, 0.1) is 0 Å². The maximum Gasteiger partial charge on any atom is 0.341 e. The van der Waals surface area contributed by atoms with Crippen LogP contribution in [0.4, 0.5) is 0 Å². The molecular formula is C22H28O6Sn. The van der Waals surface area contributed by atoms with Crippen molar-refractivity contribution >= 4 is 35.8 Å². The van der Waals surface area contributed by atoms with Crippen LogP contribution in [0.15, 0.2) is 48.5 Å². The topological polar surface area (TPSA) is 93.1 Å². The molecule has 2 aromatic rings. The molecule has 0 unspecified atom stereocenters. The van der Waals surface area contributed by atoms with E-state index in [0.717, 1.165) is 25.7 Å². The van der Waals surface area contributed by atoms with Crippen molar-refractivity contribution in [1.82, 2.24) is 0 Å². The molecule has 2 rings (SSSR count). The zero-order chi connectivity index (χ0) is 20.8. The van der Waals surface area contributed by atoms with Crippen molar-refractivity contribution in [1.29, 1.82) is 0 Å². The number of aromatic hydroxyl groups is 2. The van der Waals surface area contributed by atoms with Crippen LogP contribution in [0.1, 0.15) is 60.2 Å². The summed E-state index contributed by atoms with van der Waals surface area (Å²) in [6.07, 6.45) is 3.65. The van der Waals surface area contributed by atoms with E-state index in [1.54, 1.807) is 36.4 Å². The van der Waals surface area contributed by atoms with Gasteiger partial charge in [0.2, 0.25) is 0 Å². The first kappa shape index (κ1) is 26.8. The standard InChI is InChI=1S/2C11H14O3.Sn/c2*1-2-3-8-14-11(13)9-6-4-5-7-10(9)12;/h2*4-7,12H,2-3,8H2,1H3;. The van der Waals surface area contributed by atoms with Crippen LogP contribution >= 0.6 is 0 Å². The first-order valence-electron chi connectivity index (χ1n) is 9.41. The van der Waals surface area contributed by atoms with Crippen LogP contribution in [-0.4, -0.2) is 59.3 Å². The smallest absolute Gasteiger partial charge is 0.341 e. The predicted octanol–water partition coefficient (Wildman–Crippen LogP) is 4.32. The molecule has 2 aromatic carbocycles. The minimum absolute atomic E-state index is 0. The zero-order valence-electron chi connectivity index (χ0n) is 16.9. The molecule has 0 bridgehead atoms. The second-order valence-electron chi connectivity index (χ2n) is 6.01. The van der Waals surface area contributed by atoms with Crippen LogP contribution in [0.3, 0.4) is 0 Å². The molecule has 0 aromatic heterocycles. The summed E-state index contributed by atoms with van der Waals surface area (Å²) in [7, 11) is 0. The van der Waals surface area contributed by atoms with Gasteiger partial charge in [-0.05, 0) is 37.1 Å². The molecule has 7 heteroatoms. The van der Waals surface area contributed by atoms with Crippen LogP contribution < -0.4 is 0 Å². The van der Waals surface area contributed by atoms with Gasteiger partial charge in [-0.3, -0.25) is 0 Å². The van der Waals surface area contributed by atoms with E-state index in [2.05, 4.69) is 0 Å². The number of unbranched alkanes of at least 4 members (excludes halogenated alkanes) is 2. The van der Waals surface area contributed by atoms with E-state index in [1.165, 1.54) is 12.1 Å². The molecule has 29 heavy (non-hydrogen) atoms.